The van der Waals surface area contributed by atoms with Gasteiger partial charge in [-0.05, 0) is 12.8 Å². The van der Waals surface area contributed by atoms with Gasteiger partial charge >= 0.3 is 0 Å². The molecule has 0 saturated heterocycles. The number of carbonyl (C=O) groups is 2. The smallest absolute Gasteiger partial charge is 0.150 e. The van der Waals surface area contributed by atoms with Gasteiger partial charge < -0.3 is 4.90 Å². The maximum atomic E-state index is 11.3. The van der Waals surface area contributed by atoms with Crippen LogP contribution in [0.5, 0.6) is 0 Å². The summed E-state index contributed by atoms with van der Waals surface area (Å²) >= 11 is 0. The maximum absolute atomic E-state index is 11.3. The molecule has 0 amide bonds. The van der Waals surface area contributed by atoms with Crippen LogP contribution in [0.25, 0.3) is 5.70 Å². The largest absolute Gasteiger partial charge is 0.372 e. The highest BCUT2D eigenvalue weighted by atomic mass is 16.1. The first kappa shape index (κ1) is 13.5. The Balaban J connectivity index is 2.14. The highest BCUT2D eigenvalue weighted by Crippen LogP contribution is 2.27. The molecule has 3 nitrogen and oxygen atoms in total. The van der Waals surface area contributed by atoms with Crippen LogP contribution in [0.4, 0.5) is 0 Å². The molecular weight excluding hydrogens is 238 g/mol. The molecule has 0 bridgehead atoms. The molecule has 0 atom stereocenters. The molecule has 2 rings (SSSR count). The molecule has 100 valence electrons. The Morgan fingerprint density at radius 3 is 2.58 bits per heavy atom. The maximum Gasteiger partial charge on any atom is 0.150 e. The molecule has 1 aromatic carbocycles. The molecule has 1 aliphatic carbocycles. The lowest BCUT2D eigenvalue weighted by Gasteiger charge is -2.34. The van der Waals surface area contributed by atoms with Crippen molar-refractivity contribution in [1.29, 1.82) is 0 Å². The van der Waals surface area contributed by atoms with E-state index in [0.717, 1.165) is 30.4 Å². The van der Waals surface area contributed by atoms with Crippen molar-refractivity contribution in [3.8, 4) is 0 Å². The molecule has 0 aromatic heterocycles. The molecule has 0 radical (unpaired) electrons. The normalized spacial score (nSPS) is 16.2. The summed E-state index contributed by atoms with van der Waals surface area (Å²) in [5.41, 5.74) is 2.38. The fraction of sp³-hybridized carbons (Fsp3) is 0.375. The average Bonchev–Trinajstić information content (AvgIpc) is 2.46. The van der Waals surface area contributed by atoms with E-state index >= 15 is 0 Å². The van der Waals surface area contributed by atoms with Crippen LogP contribution in [0.3, 0.4) is 0 Å². The van der Waals surface area contributed by atoms with Crippen LogP contribution in [-0.2, 0) is 4.79 Å². The van der Waals surface area contributed by atoms with Crippen LogP contribution in [-0.4, -0.2) is 30.1 Å². The van der Waals surface area contributed by atoms with Crippen molar-refractivity contribution in [3.63, 3.8) is 0 Å². The van der Waals surface area contributed by atoms with Crippen molar-refractivity contribution in [2.45, 2.75) is 31.7 Å². The minimum Gasteiger partial charge on any atom is -0.372 e. The molecule has 0 unspecified atom stereocenters. The minimum atomic E-state index is 0.338. The molecule has 0 aliphatic heterocycles. The summed E-state index contributed by atoms with van der Waals surface area (Å²) in [7, 11) is 1.99. The van der Waals surface area contributed by atoms with E-state index in [1.807, 2.05) is 25.2 Å². The van der Waals surface area contributed by atoms with Crippen LogP contribution in [0.15, 0.2) is 30.8 Å². The van der Waals surface area contributed by atoms with E-state index in [9.17, 15) is 9.59 Å². The molecule has 0 spiro atoms. The third-order valence-corrected chi connectivity index (χ3v) is 3.88. The summed E-state index contributed by atoms with van der Waals surface area (Å²) in [4.78, 5) is 24.5. The molecule has 3 heteroatoms. The quantitative estimate of drug-likeness (QED) is 0.778. The summed E-state index contributed by atoms with van der Waals surface area (Å²) in [6, 6.07) is 7.80. The van der Waals surface area contributed by atoms with Gasteiger partial charge in [0.1, 0.15) is 5.78 Å². The Kier molecular flexibility index (Phi) is 4.15. The Morgan fingerprint density at radius 2 is 1.95 bits per heavy atom. The molecule has 1 fully saturated rings. The van der Waals surface area contributed by atoms with Crippen molar-refractivity contribution < 1.29 is 9.59 Å². The average molecular weight is 257 g/mol. The molecule has 1 aromatic rings. The highest BCUT2D eigenvalue weighted by molar-refractivity contribution is 5.84. The van der Waals surface area contributed by atoms with E-state index in [4.69, 9.17) is 0 Å². The number of rotatable bonds is 4. The van der Waals surface area contributed by atoms with Crippen molar-refractivity contribution in [2.24, 2.45) is 0 Å². The van der Waals surface area contributed by atoms with Gasteiger partial charge in [-0.25, -0.2) is 0 Å². The Bertz CT molecular complexity index is 497. The van der Waals surface area contributed by atoms with Gasteiger partial charge in [0, 0.05) is 42.8 Å². The number of ketones is 1. The second kappa shape index (κ2) is 5.83. The Morgan fingerprint density at radius 1 is 1.32 bits per heavy atom. The van der Waals surface area contributed by atoms with Gasteiger partial charge in [0.25, 0.3) is 0 Å². The van der Waals surface area contributed by atoms with Crippen molar-refractivity contribution in [1.82, 2.24) is 4.90 Å². The third-order valence-electron chi connectivity index (χ3n) is 3.88. The summed E-state index contributed by atoms with van der Waals surface area (Å²) in [5, 5.41) is 0. The van der Waals surface area contributed by atoms with E-state index in [1.165, 1.54) is 0 Å². The number of carbonyl (C=O) groups excluding carboxylic acids is 2. The lowest BCUT2D eigenvalue weighted by molar-refractivity contribution is -0.121. The van der Waals surface area contributed by atoms with E-state index in [0.29, 0.717) is 30.2 Å². The second-order valence-corrected chi connectivity index (χ2v) is 5.03. The SMILES string of the molecule is C=C(c1ccccc1C=O)N(C)C1CCC(=O)CC1. The number of nitrogens with zero attached hydrogens (tertiary/aromatic N) is 1. The predicted octanol–water partition coefficient (Wildman–Crippen LogP) is 2.91. The summed E-state index contributed by atoms with van der Waals surface area (Å²) < 4.78 is 0. The van der Waals surface area contributed by atoms with Crippen LogP contribution >= 0.6 is 0 Å². The van der Waals surface area contributed by atoms with Gasteiger partial charge in [0.15, 0.2) is 6.29 Å². The number of hydrogen-bond donors (Lipinski definition) is 0. The zero-order valence-electron chi connectivity index (χ0n) is 11.3. The standard InChI is InChI=1S/C16H19NO2/c1-12(16-6-4-3-5-13(16)11-18)17(2)14-7-9-15(19)10-8-14/h3-6,11,14H,1,7-10H2,2H3. The van der Waals surface area contributed by atoms with Crippen LogP contribution in [0.2, 0.25) is 0 Å². The first-order chi connectivity index (χ1) is 9.13. The van der Waals surface area contributed by atoms with E-state index in [1.54, 1.807) is 6.07 Å². The summed E-state index contributed by atoms with van der Waals surface area (Å²) in [6.07, 6.45) is 3.91. The van der Waals surface area contributed by atoms with E-state index in [2.05, 4.69) is 11.5 Å². The van der Waals surface area contributed by atoms with Crippen LogP contribution in [0, 0.1) is 0 Å². The highest BCUT2D eigenvalue weighted by Gasteiger charge is 2.23. The first-order valence-corrected chi connectivity index (χ1v) is 6.61. The van der Waals surface area contributed by atoms with Gasteiger partial charge in [-0.1, -0.05) is 30.8 Å². The molecule has 0 heterocycles. The van der Waals surface area contributed by atoms with Crippen molar-refractivity contribution in [2.75, 3.05) is 7.05 Å². The van der Waals surface area contributed by atoms with Crippen molar-refractivity contribution in [3.05, 3.63) is 42.0 Å². The first-order valence-electron chi connectivity index (χ1n) is 6.61. The number of Topliss-reactive ketones (excluding diaryl/α,β-unsaturated/α-hetero) is 1. The van der Waals surface area contributed by atoms with E-state index in [-0.39, 0.29) is 0 Å². The van der Waals surface area contributed by atoms with Gasteiger partial charge in [0.05, 0.1) is 0 Å². The zero-order valence-corrected chi connectivity index (χ0v) is 11.3. The number of benzene rings is 1. The molecule has 1 aliphatic rings. The van der Waals surface area contributed by atoms with Gasteiger partial charge in [-0.2, -0.15) is 0 Å². The third kappa shape index (κ3) is 2.92. The Labute approximate surface area is 113 Å². The van der Waals surface area contributed by atoms with Crippen LogP contribution in [0.1, 0.15) is 41.6 Å². The minimum absolute atomic E-state index is 0.338. The van der Waals surface area contributed by atoms with Gasteiger partial charge in [0.2, 0.25) is 0 Å². The number of aldehydes is 1. The van der Waals surface area contributed by atoms with E-state index < -0.39 is 0 Å². The van der Waals surface area contributed by atoms with Gasteiger partial charge in [-0.3, -0.25) is 9.59 Å². The fourth-order valence-electron chi connectivity index (χ4n) is 2.58. The number of hydrogen-bond acceptors (Lipinski definition) is 3. The fourth-order valence-corrected chi connectivity index (χ4v) is 2.58. The summed E-state index contributed by atoms with van der Waals surface area (Å²) in [6.45, 7) is 4.11. The van der Waals surface area contributed by atoms with Crippen LogP contribution < -0.4 is 0 Å². The monoisotopic (exact) mass is 257 g/mol. The molecule has 0 N–H and O–H groups in total. The molecule has 19 heavy (non-hydrogen) atoms. The summed E-state index contributed by atoms with van der Waals surface area (Å²) in [5.74, 6) is 0.351. The lowest BCUT2D eigenvalue weighted by atomic mass is 9.92. The van der Waals surface area contributed by atoms with Gasteiger partial charge in [-0.15, -0.1) is 0 Å². The lowest BCUT2D eigenvalue weighted by Crippen LogP contribution is -2.34. The molecular formula is C16H19NO2. The zero-order chi connectivity index (χ0) is 13.8. The van der Waals surface area contributed by atoms with Crippen molar-refractivity contribution >= 4 is 17.8 Å². The predicted molar refractivity (Wildman–Crippen MR) is 75.9 cm³/mol. The topological polar surface area (TPSA) is 37.4 Å². The Hall–Kier alpha value is -1.90. The second-order valence-electron chi connectivity index (χ2n) is 5.03. The molecule has 1 saturated carbocycles.